The number of methoxy groups -OCH3 is 2. The van der Waals surface area contributed by atoms with Gasteiger partial charge in [-0.1, -0.05) is 19.8 Å². The highest BCUT2D eigenvalue weighted by Gasteiger charge is 2.24. The lowest BCUT2D eigenvalue weighted by Crippen LogP contribution is -2.41. The molecule has 0 aliphatic heterocycles. The predicted octanol–water partition coefficient (Wildman–Crippen LogP) is 3.01. The molecule has 1 amide bonds. The van der Waals surface area contributed by atoms with Crippen LogP contribution in [0.3, 0.4) is 0 Å². The third-order valence-corrected chi connectivity index (χ3v) is 4.61. The highest BCUT2D eigenvalue weighted by atomic mass is 16.5. The molecular weight excluding hydrogens is 320 g/mol. The number of benzene rings is 1. The maximum absolute atomic E-state index is 12.5. The normalized spacial score (nSPS) is 20.5. The van der Waals surface area contributed by atoms with Gasteiger partial charge in [-0.3, -0.25) is 4.79 Å². The average molecular weight is 344 g/mol. The second kappa shape index (κ2) is 8.43. The summed E-state index contributed by atoms with van der Waals surface area (Å²) in [5, 5.41) is 22.3. The predicted molar refractivity (Wildman–Crippen MR) is 94.4 cm³/mol. The first-order chi connectivity index (χ1) is 12.0. The minimum absolute atomic E-state index is 0.00701. The lowest BCUT2D eigenvalue weighted by atomic mass is 9.86. The van der Waals surface area contributed by atoms with Crippen LogP contribution in [-0.4, -0.2) is 31.3 Å². The first-order valence-corrected chi connectivity index (χ1v) is 8.37. The van der Waals surface area contributed by atoms with Crippen molar-refractivity contribution >= 4 is 12.0 Å². The number of amides is 1. The molecule has 1 fully saturated rings. The highest BCUT2D eigenvalue weighted by molar-refractivity contribution is 6.02. The SMILES string of the molecule is COc1cc(/C=C(\C#N)C(=O)NC2CCCCC2C)cc(OC)c1O. The average Bonchev–Trinajstić information content (AvgIpc) is 2.62. The van der Waals surface area contributed by atoms with Crippen LogP contribution in [0.4, 0.5) is 0 Å². The number of phenols is 1. The minimum Gasteiger partial charge on any atom is -0.502 e. The van der Waals surface area contributed by atoms with Crippen molar-refractivity contribution in [3.8, 4) is 23.3 Å². The van der Waals surface area contributed by atoms with Gasteiger partial charge in [0.15, 0.2) is 11.5 Å². The zero-order valence-corrected chi connectivity index (χ0v) is 14.8. The van der Waals surface area contributed by atoms with E-state index >= 15 is 0 Å². The lowest BCUT2D eigenvalue weighted by Gasteiger charge is -2.29. The monoisotopic (exact) mass is 344 g/mol. The van der Waals surface area contributed by atoms with Gasteiger partial charge in [0.2, 0.25) is 5.75 Å². The molecule has 1 aliphatic rings. The smallest absolute Gasteiger partial charge is 0.262 e. The zero-order chi connectivity index (χ0) is 18.4. The Morgan fingerprint density at radius 2 is 1.88 bits per heavy atom. The van der Waals surface area contributed by atoms with Crippen LogP contribution in [0.5, 0.6) is 17.2 Å². The zero-order valence-electron chi connectivity index (χ0n) is 14.8. The summed E-state index contributed by atoms with van der Waals surface area (Å²) in [6.07, 6.45) is 5.76. The molecule has 25 heavy (non-hydrogen) atoms. The van der Waals surface area contributed by atoms with Crippen LogP contribution < -0.4 is 14.8 Å². The van der Waals surface area contributed by atoms with E-state index in [1.54, 1.807) is 12.1 Å². The van der Waals surface area contributed by atoms with Crippen molar-refractivity contribution in [3.05, 3.63) is 23.3 Å². The molecule has 2 N–H and O–H groups in total. The molecule has 6 nitrogen and oxygen atoms in total. The highest BCUT2D eigenvalue weighted by Crippen LogP contribution is 2.37. The van der Waals surface area contributed by atoms with E-state index in [1.807, 2.05) is 6.07 Å². The molecule has 0 heterocycles. The lowest BCUT2D eigenvalue weighted by molar-refractivity contribution is -0.118. The number of nitriles is 1. The molecule has 1 aliphatic carbocycles. The number of nitrogens with one attached hydrogen (secondary N) is 1. The Morgan fingerprint density at radius 1 is 1.28 bits per heavy atom. The third kappa shape index (κ3) is 4.44. The Bertz CT molecular complexity index is 681. The molecule has 134 valence electrons. The van der Waals surface area contributed by atoms with Gasteiger partial charge in [-0.2, -0.15) is 5.26 Å². The van der Waals surface area contributed by atoms with Crippen molar-refractivity contribution in [1.29, 1.82) is 5.26 Å². The molecule has 0 radical (unpaired) electrons. The molecule has 2 unspecified atom stereocenters. The second-order valence-electron chi connectivity index (χ2n) is 6.29. The van der Waals surface area contributed by atoms with Crippen LogP contribution in [0.1, 0.15) is 38.2 Å². The maximum atomic E-state index is 12.5. The van der Waals surface area contributed by atoms with Crippen molar-refractivity contribution in [3.63, 3.8) is 0 Å². The Kier molecular flexibility index (Phi) is 6.29. The van der Waals surface area contributed by atoms with E-state index in [1.165, 1.54) is 26.7 Å². The van der Waals surface area contributed by atoms with E-state index in [4.69, 9.17) is 9.47 Å². The van der Waals surface area contributed by atoms with Gasteiger partial charge < -0.3 is 19.9 Å². The van der Waals surface area contributed by atoms with Crippen molar-refractivity contribution in [2.75, 3.05) is 14.2 Å². The van der Waals surface area contributed by atoms with Crippen LogP contribution >= 0.6 is 0 Å². The number of hydrogen-bond donors (Lipinski definition) is 2. The van der Waals surface area contributed by atoms with E-state index < -0.39 is 0 Å². The summed E-state index contributed by atoms with van der Waals surface area (Å²) in [5.74, 6) is 0.327. The number of nitrogens with zero attached hydrogens (tertiary/aromatic N) is 1. The first kappa shape index (κ1) is 18.7. The summed E-state index contributed by atoms with van der Waals surface area (Å²) in [6.45, 7) is 2.12. The molecule has 1 aromatic carbocycles. The van der Waals surface area contributed by atoms with Gasteiger partial charge in [-0.25, -0.2) is 0 Å². The quantitative estimate of drug-likeness (QED) is 0.633. The maximum Gasteiger partial charge on any atom is 0.262 e. The number of rotatable bonds is 5. The van der Waals surface area contributed by atoms with Crippen molar-refractivity contribution in [1.82, 2.24) is 5.32 Å². The van der Waals surface area contributed by atoms with Gasteiger partial charge in [-0.15, -0.1) is 0 Å². The van der Waals surface area contributed by atoms with E-state index in [9.17, 15) is 15.2 Å². The molecule has 1 saturated carbocycles. The Balaban J connectivity index is 2.24. The molecule has 0 bridgehead atoms. The summed E-state index contributed by atoms with van der Waals surface area (Å²) < 4.78 is 10.2. The molecule has 1 aromatic rings. The van der Waals surface area contributed by atoms with E-state index in [2.05, 4.69) is 12.2 Å². The number of aromatic hydroxyl groups is 1. The van der Waals surface area contributed by atoms with E-state index in [0.29, 0.717) is 11.5 Å². The number of hydrogen-bond acceptors (Lipinski definition) is 5. The van der Waals surface area contributed by atoms with Gasteiger partial charge in [-0.05, 0) is 42.5 Å². The summed E-state index contributed by atoms with van der Waals surface area (Å²) in [7, 11) is 2.84. The first-order valence-electron chi connectivity index (χ1n) is 8.37. The van der Waals surface area contributed by atoms with Gasteiger partial charge in [0.25, 0.3) is 5.91 Å². The molecule has 0 aromatic heterocycles. The van der Waals surface area contributed by atoms with Crippen LogP contribution in [0, 0.1) is 17.2 Å². The molecular formula is C19H24N2O4. The van der Waals surface area contributed by atoms with Crippen LogP contribution in [0.2, 0.25) is 0 Å². The Labute approximate surface area is 148 Å². The van der Waals surface area contributed by atoms with Gasteiger partial charge in [0.05, 0.1) is 14.2 Å². The Morgan fingerprint density at radius 3 is 2.40 bits per heavy atom. The van der Waals surface area contributed by atoms with E-state index in [-0.39, 0.29) is 34.8 Å². The Hall–Kier alpha value is -2.68. The van der Waals surface area contributed by atoms with E-state index in [0.717, 1.165) is 19.3 Å². The van der Waals surface area contributed by atoms with Crippen molar-refractivity contribution in [2.45, 2.75) is 38.6 Å². The van der Waals surface area contributed by atoms with Crippen LogP contribution in [0.25, 0.3) is 6.08 Å². The van der Waals surface area contributed by atoms with Crippen LogP contribution in [0.15, 0.2) is 17.7 Å². The van der Waals surface area contributed by atoms with Gasteiger partial charge >= 0.3 is 0 Å². The molecule has 2 atom stereocenters. The standard InChI is InChI=1S/C19H24N2O4/c1-12-6-4-5-7-15(12)21-19(23)14(11-20)8-13-9-16(24-2)18(22)17(10-13)25-3/h8-10,12,15,22H,4-7H2,1-3H3,(H,21,23)/b14-8+. The van der Waals surface area contributed by atoms with Gasteiger partial charge in [0.1, 0.15) is 11.6 Å². The number of ether oxygens (including phenoxy) is 2. The fourth-order valence-corrected chi connectivity index (χ4v) is 3.09. The summed E-state index contributed by atoms with van der Waals surface area (Å²) >= 11 is 0. The van der Waals surface area contributed by atoms with Crippen LogP contribution in [-0.2, 0) is 4.79 Å². The fraction of sp³-hybridized carbons (Fsp3) is 0.474. The number of carbonyl (C=O) groups is 1. The summed E-state index contributed by atoms with van der Waals surface area (Å²) in [6, 6.07) is 5.14. The molecule has 2 rings (SSSR count). The second-order valence-corrected chi connectivity index (χ2v) is 6.29. The largest absolute Gasteiger partial charge is 0.502 e. The van der Waals surface area contributed by atoms with Crippen molar-refractivity contribution < 1.29 is 19.4 Å². The minimum atomic E-state index is -0.382. The number of phenolic OH excluding ortho intramolecular Hbond substituents is 1. The topological polar surface area (TPSA) is 91.6 Å². The van der Waals surface area contributed by atoms with Gasteiger partial charge in [0, 0.05) is 6.04 Å². The summed E-state index contributed by atoms with van der Waals surface area (Å²) in [4.78, 5) is 12.5. The summed E-state index contributed by atoms with van der Waals surface area (Å²) in [5.41, 5.74) is 0.544. The van der Waals surface area contributed by atoms with Crippen molar-refractivity contribution in [2.24, 2.45) is 5.92 Å². The third-order valence-electron chi connectivity index (χ3n) is 4.61. The molecule has 6 heteroatoms. The fourth-order valence-electron chi connectivity index (χ4n) is 3.09. The number of carbonyl (C=O) groups excluding carboxylic acids is 1. The molecule has 0 saturated heterocycles. The molecule has 0 spiro atoms.